The van der Waals surface area contributed by atoms with Gasteiger partial charge in [-0.1, -0.05) is 231 Å². The second kappa shape index (κ2) is 17.5. The summed E-state index contributed by atoms with van der Waals surface area (Å²) in [6, 6.07) is 91.7. The molecule has 0 saturated heterocycles. The molecule has 69 heavy (non-hydrogen) atoms. The molecule has 4 heteroatoms. The highest BCUT2D eigenvalue weighted by Crippen LogP contribution is 2.57. The van der Waals surface area contributed by atoms with E-state index in [0.717, 1.165) is 72.3 Å². The Kier molecular flexibility index (Phi) is 10.4. The molecule has 0 fully saturated rings. The number of aromatic nitrogens is 3. The van der Waals surface area contributed by atoms with Crippen LogP contribution in [0, 0.1) is 11.3 Å². The van der Waals surface area contributed by atoms with Gasteiger partial charge < -0.3 is 0 Å². The molecule has 0 amide bonds. The molecule has 0 bridgehead atoms. The predicted molar refractivity (Wildman–Crippen MR) is 280 cm³/mol. The normalized spacial score (nSPS) is 12.2. The van der Waals surface area contributed by atoms with Gasteiger partial charge in [0, 0.05) is 16.7 Å². The summed E-state index contributed by atoms with van der Waals surface area (Å²) in [4.78, 5) is 15.3. The zero-order valence-corrected chi connectivity index (χ0v) is 37.5. The van der Waals surface area contributed by atoms with Crippen molar-refractivity contribution in [2.75, 3.05) is 0 Å². The largest absolute Gasteiger partial charge is 0.208 e. The first-order valence-electron chi connectivity index (χ1n) is 23.2. The van der Waals surface area contributed by atoms with E-state index in [-0.39, 0.29) is 0 Å². The van der Waals surface area contributed by atoms with E-state index >= 15 is 0 Å². The van der Waals surface area contributed by atoms with E-state index in [9.17, 15) is 5.26 Å². The number of hydrogen-bond acceptors (Lipinski definition) is 4. The third-order valence-corrected chi connectivity index (χ3v) is 13.5. The molecular formula is C65H42N4. The van der Waals surface area contributed by atoms with E-state index < -0.39 is 5.41 Å². The van der Waals surface area contributed by atoms with Crippen LogP contribution >= 0.6 is 0 Å². The van der Waals surface area contributed by atoms with Crippen molar-refractivity contribution >= 4 is 0 Å². The van der Waals surface area contributed by atoms with E-state index in [0.29, 0.717) is 23.0 Å². The van der Waals surface area contributed by atoms with Crippen LogP contribution in [0.5, 0.6) is 0 Å². The van der Waals surface area contributed by atoms with Crippen molar-refractivity contribution in [3.8, 4) is 95.9 Å². The molecule has 0 spiro atoms. The fourth-order valence-electron chi connectivity index (χ4n) is 10.1. The predicted octanol–water partition coefficient (Wildman–Crippen LogP) is 15.8. The fraction of sp³-hybridized carbons (Fsp3) is 0.0154. The number of hydrogen-bond donors (Lipinski definition) is 0. The van der Waals surface area contributed by atoms with Crippen molar-refractivity contribution in [3.05, 3.63) is 283 Å². The average Bonchev–Trinajstić information content (AvgIpc) is 3.73. The highest BCUT2D eigenvalue weighted by molar-refractivity contribution is 5.89. The number of nitriles is 1. The lowest BCUT2D eigenvalue weighted by Gasteiger charge is -2.34. The Bertz CT molecular complexity index is 3540. The maximum absolute atomic E-state index is 10.1. The molecule has 1 aromatic heterocycles. The molecule has 11 aromatic rings. The molecule has 0 radical (unpaired) electrons. The van der Waals surface area contributed by atoms with Gasteiger partial charge in [0.15, 0.2) is 17.5 Å². The lowest BCUT2D eigenvalue weighted by atomic mass is 9.67. The third-order valence-electron chi connectivity index (χ3n) is 13.5. The average molecular weight is 879 g/mol. The zero-order chi connectivity index (χ0) is 46.2. The van der Waals surface area contributed by atoms with Gasteiger partial charge in [0.25, 0.3) is 0 Å². The molecule has 0 aliphatic heterocycles. The second-order valence-corrected chi connectivity index (χ2v) is 17.5. The molecule has 1 aliphatic carbocycles. The van der Waals surface area contributed by atoms with Crippen LogP contribution in [0.3, 0.4) is 0 Å². The summed E-state index contributed by atoms with van der Waals surface area (Å²) in [5.74, 6) is 1.84. The Hall–Kier alpha value is -9.30. The van der Waals surface area contributed by atoms with Crippen LogP contribution in [0.15, 0.2) is 255 Å². The Labute approximate surface area is 402 Å². The van der Waals surface area contributed by atoms with Crippen molar-refractivity contribution in [2.45, 2.75) is 5.41 Å². The summed E-state index contributed by atoms with van der Waals surface area (Å²) in [7, 11) is 0. The monoisotopic (exact) mass is 878 g/mol. The van der Waals surface area contributed by atoms with Crippen molar-refractivity contribution in [3.63, 3.8) is 0 Å². The first-order valence-corrected chi connectivity index (χ1v) is 23.2. The van der Waals surface area contributed by atoms with Gasteiger partial charge in [-0.3, -0.25) is 0 Å². The molecular weight excluding hydrogens is 837 g/mol. The molecule has 0 atom stereocenters. The molecule has 12 rings (SSSR count). The van der Waals surface area contributed by atoms with Gasteiger partial charge in [-0.15, -0.1) is 0 Å². The van der Waals surface area contributed by atoms with E-state index in [1.165, 1.54) is 22.3 Å². The summed E-state index contributed by atoms with van der Waals surface area (Å²) in [6.45, 7) is 0. The number of rotatable bonds is 9. The van der Waals surface area contributed by atoms with Crippen molar-refractivity contribution in [2.24, 2.45) is 0 Å². The second-order valence-electron chi connectivity index (χ2n) is 17.5. The molecule has 1 aliphatic rings. The van der Waals surface area contributed by atoms with Gasteiger partial charge in [-0.2, -0.15) is 5.26 Å². The van der Waals surface area contributed by atoms with Gasteiger partial charge in [0.05, 0.1) is 17.0 Å². The van der Waals surface area contributed by atoms with Crippen molar-refractivity contribution < 1.29 is 0 Å². The minimum Gasteiger partial charge on any atom is -0.208 e. The minimum atomic E-state index is -0.576. The first-order chi connectivity index (χ1) is 34.1. The first kappa shape index (κ1) is 41.2. The Morgan fingerprint density at radius 1 is 0.275 bits per heavy atom. The molecule has 0 unspecified atom stereocenters. The summed E-state index contributed by atoms with van der Waals surface area (Å²) in [5, 5.41) is 10.1. The highest BCUT2D eigenvalue weighted by atomic mass is 15.0. The zero-order valence-electron chi connectivity index (χ0n) is 37.5. The summed E-state index contributed by atoms with van der Waals surface area (Å²) < 4.78 is 0. The standard InChI is InChI=1S/C65H42N4/c66-43-44-24-38-58-59-42-54(37-39-60(59)65(61(58)40-44,56-20-9-3-10-21-56)57-22-11-4-12-23-57)50-27-25-49(26-28-50)53-18-13-19-55(41-53)64-68-62(51-33-29-47(30-34-51)45-14-5-1-6-15-45)67-63(69-64)52-35-31-48(32-36-52)46-16-7-2-8-17-46/h1-42H. The Balaban J connectivity index is 0.900. The van der Waals surface area contributed by atoms with Crippen LogP contribution in [0.25, 0.3) is 89.8 Å². The van der Waals surface area contributed by atoms with E-state index in [4.69, 9.17) is 15.0 Å². The van der Waals surface area contributed by atoms with Crippen molar-refractivity contribution in [1.29, 1.82) is 5.26 Å². The molecule has 322 valence electrons. The molecule has 4 nitrogen and oxygen atoms in total. The van der Waals surface area contributed by atoms with Crippen LogP contribution in [0.2, 0.25) is 0 Å². The summed E-state index contributed by atoms with van der Waals surface area (Å²) in [6.07, 6.45) is 0. The maximum atomic E-state index is 10.1. The Morgan fingerprint density at radius 3 is 1.14 bits per heavy atom. The summed E-state index contributed by atoms with van der Waals surface area (Å²) >= 11 is 0. The van der Waals surface area contributed by atoms with Crippen molar-refractivity contribution in [1.82, 2.24) is 15.0 Å². The van der Waals surface area contributed by atoms with Crippen LogP contribution < -0.4 is 0 Å². The topological polar surface area (TPSA) is 62.5 Å². The molecule has 1 heterocycles. The number of benzene rings is 10. The van der Waals surface area contributed by atoms with Gasteiger partial charge in [0.2, 0.25) is 0 Å². The highest BCUT2D eigenvalue weighted by Gasteiger charge is 2.46. The molecule has 0 N–H and O–H groups in total. The number of nitrogens with zero attached hydrogens (tertiary/aromatic N) is 4. The van der Waals surface area contributed by atoms with Gasteiger partial charge in [-0.05, 0) is 102 Å². The third kappa shape index (κ3) is 7.49. The van der Waals surface area contributed by atoms with Crippen LogP contribution in [0.4, 0.5) is 0 Å². The smallest absolute Gasteiger partial charge is 0.164 e. The van der Waals surface area contributed by atoms with E-state index in [1.807, 2.05) is 18.2 Å². The SMILES string of the molecule is N#Cc1ccc2c(c1)C(c1ccccc1)(c1ccccc1)c1ccc(-c3ccc(-c4cccc(-c5nc(-c6ccc(-c7ccccc7)cc6)nc(-c6ccc(-c7ccccc7)cc6)n5)c4)cc3)cc1-2. The lowest BCUT2D eigenvalue weighted by Crippen LogP contribution is -2.28. The van der Waals surface area contributed by atoms with Gasteiger partial charge >= 0.3 is 0 Å². The van der Waals surface area contributed by atoms with Crippen LogP contribution in [-0.4, -0.2) is 15.0 Å². The van der Waals surface area contributed by atoms with E-state index in [2.05, 4.69) is 243 Å². The quantitative estimate of drug-likeness (QED) is 0.145. The summed E-state index contributed by atoms with van der Waals surface area (Å²) in [5.41, 5.74) is 18.8. The Morgan fingerprint density at radius 2 is 0.652 bits per heavy atom. The van der Waals surface area contributed by atoms with Gasteiger partial charge in [-0.25, -0.2) is 15.0 Å². The minimum absolute atomic E-state index is 0.576. The molecule has 10 aromatic carbocycles. The fourth-order valence-corrected chi connectivity index (χ4v) is 10.1. The lowest BCUT2D eigenvalue weighted by molar-refractivity contribution is 0.768. The van der Waals surface area contributed by atoms with Crippen LogP contribution in [0.1, 0.15) is 27.8 Å². The van der Waals surface area contributed by atoms with Gasteiger partial charge in [0.1, 0.15) is 0 Å². The van der Waals surface area contributed by atoms with E-state index in [1.54, 1.807) is 0 Å². The maximum Gasteiger partial charge on any atom is 0.164 e. The van der Waals surface area contributed by atoms with Crippen LogP contribution in [-0.2, 0) is 5.41 Å². The number of fused-ring (bicyclic) bond motifs is 3. The molecule has 0 saturated carbocycles.